The largest absolute Gasteiger partial charge is 0.349 e. The van der Waals surface area contributed by atoms with Crippen molar-refractivity contribution in [3.05, 3.63) is 65.2 Å². The molecule has 0 bridgehead atoms. The van der Waals surface area contributed by atoms with E-state index in [9.17, 15) is 4.79 Å². The molecule has 0 saturated heterocycles. The Hall–Kier alpha value is -2.04. The molecular weight excluding hydrogens is 400 g/mol. The Kier molecular flexibility index (Phi) is 6.73. The highest BCUT2D eigenvalue weighted by Crippen LogP contribution is 2.31. The minimum Gasteiger partial charge on any atom is -0.349 e. The van der Waals surface area contributed by atoms with Crippen LogP contribution in [0.3, 0.4) is 0 Å². The van der Waals surface area contributed by atoms with Crippen LogP contribution in [0.2, 0.25) is 5.02 Å². The van der Waals surface area contributed by atoms with Crippen molar-refractivity contribution in [2.75, 3.05) is 0 Å². The second kappa shape index (κ2) is 9.64. The normalized spacial score (nSPS) is 15.6. The highest BCUT2D eigenvalue weighted by molar-refractivity contribution is 7.99. The number of hydrogen-bond acceptors (Lipinski definition) is 3. The van der Waals surface area contributed by atoms with Crippen molar-refractivity contribution in [1.82, 2.24) is 10.3 Å². The van der Waals surface area contributed by atoms with Crippen LogP contribution in [0.5, 0.6) is 0 Å². The predicted molar refractivity (Wildman–Crippen MR) is 121 cm³/mol. The second-order valence-electron chi connectivity index (χ2n) is 7.60. The van der Waals surface area contributed by atoms with Crippen molar-refractivity contribution in [2.24, 2.45) is 0 Å². The van der Waals surface area contributed by atoms with E-state index >= 15 is 0 Å². The van der Waals surface area contributed by atoms with Crippen molar-refractivity contribution < 1.29 is 4.79 Å². The van der Waals surface area contributed by atoms with Gasteiger partial charge in [0.25, 0.3) is 5.91 Å². The molecule has 0 radical (unpaired) electrons. The molecule has 150 valence electrons. The summed E-state index contributed by atoms with van der Waals surface area (Å²) in [5, 5.41) is 5.69. The maximum atomic E-state index is 13.2. The third kappa shape index (κ3) is 5.31. The first kappa shape index (κ1) is 20.2. The molecule has 0 aliphatic heterocycles. The lowest BCUT2D eigenvalue weighted by molar-refractivity contribution is 0.0932. The number of benzene rings is 2. The summed E-state index contributed by atoms with van der Waals surface area (Å²) in [5.41, 5.74) is 1.53. The quantitative estimate of drug-likeness (QED) is 0.496. The fourth-order valence-electron chi connectivity index (χ4n) is 3.91. The third-order valence-electron chi connectivity index (χ3n) is 5.40. The van der Waals surface area contributed by atoms with Gasteiger partial charge in [0.2, 0.25) is 0 Å². The van der Waals surface area contributed by atoms with Gasteiger partial charge in [-0.3, -0.25) is 4.79 Å². The first-order valence-corrected chi connectivity index (χ1v) is 11.5. The van der Waals surface area contributed by atoms with Crippen LogP contribution in [0.15, 0.2) is 64.5 Å². The number of pyridine rings is 1. The highest BCUT2D eigenvalue weighted by Gasteiger charge is 2.18. The lowest BCUT2D eigenvalue weighted by Gasteiger charge is -2.21. The Labute approximate surface area is 181 Å². The maximum absolute atomic E-state index is 13.2. The number of fused-ring (bicyclic) bond motifs is 1. The Balaban J connectivity index is 1.62. The van der Waals surface area contributed by atoms with Gasteiger partial charge in [0.05, 0.1) is 11.1 Å². The number of nitrogens with one attached hydrogen (secondary N) is 1. The minimum atomic E-state index is 0.00196. The fraction of sp³-hybridized carbons (Fsp3) is 0.333. The van der Waals surface area contributed by atoms with Gasteiger partial charge in [0.1, 0.15) is 5.03 Å². The zero-order chi connectivity index (χ0) is 20.1. The summed E-state index contributed by atoms with van der Waals surface area (Å²) in [6.07, 6.45) is 8.38. The number of halogens is 1. The van der Waals surface area contributed by atoms with Crippen LogP contribution in [-0.4, -0.2) is 16.9 Å². The molecule has 1 heterocycles. The molecule has 1 aromatic heterocycles. The van der Waals surface area contributed by atoms with E-state index in [0.717, 1.165) is 33.7 Å². The standard InChI is InChI=1S/C24H25ClN2OS/c25-17-9-8-12-19(15-17)29-23-16-21(20-13-6-7-14-22(20)27-23)24(28)26-18-10-4-2-1-3-5-11-18/h6-9,12-16,18H,1-5,10-11H2,(H,26,28). The third-order valence-corrected chi connectivity index (χ3v) is 6.54. The number of amides is 1. The van der Waals surface area contributed by atoms with E-state index in [4.69, 9.17) is 16.6 Å². The van der Waals surface area contributed by atoms with Gasteiger partial charge < -0.3 is 5.32 Å². The van der Waals surface area contributed by atoms with Gasteiger partial charge in [-0.25, -0.2) is 4.98 Å². The predicted octanol–water partition coefficient (Wildman–Crippen LogP) is 6.88. The summed E-state index contributed by atoms with van der Waals surface area (Å²) >= 11 is 7.65. The van der Waals surface area contributed by atoms with E-state index in [1.807, 2.05) is 54.6 Å². The van der Waals surface area contributed by atoms with Gasteiger partial charge >= 0.3 is 0 Å². The molecule has 29 heavy (non-hydrogen) atoms. The Bertz CT molecular complexity index is 999. The van der Waals surface area contributed by atoms with Gasteiger partial charge in [-0.05, 0) is 43.2 Å². The maximum Gasteiger partial charge on any atom is 0.252 e. The Morgan fingerprint density at radius 1 is 0.966 bits per heavy atom. The molecule has 3 aromatic rings. The van der Waals surface area contributed by atoms with Crippen molar-refractivity contribution in [2.45, 2.75) is 60.9 Å². The average Bonchev–Trinajstić information content (AvgIpc) is 2.69. The van der Waals surface area contributed by atoms with E-state index in [-0.39, 0.29) is 11.9 Å². The average molecular weight is 425 g/mol. The van der Waals surface area contributed by atoms with Crippen LogP contribution < -0.4 is 5.32 Å². The molecule has 1 N–H and O–H groups in total. The van der Waals surface area contributed by atoms with Gasteiger partial charge in [-0.15, -0.1) is 0 Å². The van der Waals surface area contributed by atoms with E-state index in [1.165, 1.54) is 43.9 Å². The van der Waals surface area contributed by atoms with Crippen LogP contribution in [0, 0.1) is 0 Å². The van der Waals surface area contributed by atoms with Crippen LogP contribution in [-0.2, 0) is 0 Å². The zero-order valence-electron chi connectivity index (χ0n) is 16.4. The fourth-order valence-corrected chi connectivity index (χ4v) is 5.06. The van der Waals surface area contributed by atoms with Crippen molar-refractivity contribution in [3.63, 3.8) is 0 Å². The van der Waals surface area contributed by atoms with E-state index in [1.54, 1.807) is 0 Å². The summed E-state index contributed by atoms with van der Waals surface area (Å²) in [4.78, 5) is 19.0. The summed E-state index contributed by atoms with van der Waals surface area (Å²) in [6, 6.07) is 17.7. The van der Waals surface area contributed by atoms with Crippen molar-refractivity contribution in [3.8, 4) is 0 Å². The van der Waals surface area contributed by atoms with Crippen molar-refractivity contribution in [1.29, 1.82) is 0 Å². The minimum absolute atomic E-state index is 0.00196. The number of carbonyl (C=O) groups is 1. The topological polar surface area (TPSA) is 42.0 Å². The Morgan fingerprint density at radius 2 is 1.72 bits per heavy atom. The molecule has 5 heteroatoms. The summed E-state index contributed by atoms with van der Waals surface area (Å²) in [7, 11) is 0. The first-order chi connectivity index (χ1) is 14.2. The molecular formula is C24H25ClN2OS. The molecule has 1 aliphatic carbocycles. The lowest BCUT2D eigenvalue weighted by Crippen LogP contribution is -2.35. The number of hydrogen-bond donors (Lipinski definition) is 1. The molecule has 0 unspecified atom stereocenters. The Morgan fingerprint density at radius 3 is 2.52 bits per heavy atom. The molecule has 3 nitrogen and oxygen atoms in total. The van der Waals surface area contributed by atoms with Crippen LogP contribution in [0.4, 0.5) is 0 Å². The lowest BCUT2D eigenvalue weighted by atomic mass is 9.96. The molecule has 4 rings (SSSR count). The number of carbonyl (C=O) groups excluding carboxylic acids is 1. The molecule has 1 fully saturated rings. The molecule has 0 spiro atoms. The molecule has 2 aromatic carbocycles. The van der Waals surface area contributed by atoms with Crippen LogP contribution in [0.25, 0.3) is 10.9 Å². The first-order valence-electron chi connectivity index (χ1n) is 10.3. The second-order valence-corrected chi connectivity index (χ2v) is 9.13. The SMILES string of the molecule is O=C(NC1CCCCCCC1)c1cc(Sc2cccc(Cl)c2)nc2ccccc12. The number of rotatable bonds is 4. The number of nitrogens with zero attached hydrogens (tertiary/aromatic N) is 1. The monoisotopic (exact) mass is 424 g/mol. The van der Waals surface area contributed by atoms with Crippen LogP contribution in [0.1, 0.15) is 55.3 Å². The van der Waals surface area contributed by atoms with E-state index in [0.29, 0.717) is 10.6 Å². The molecule has 1 saturated carbocycles. The molecule has 1 aliphatic rings. The molecule has 1 amide bonds. The van der Waals surface area contributed by atoms with Gasteiger partial charge in [-0.1, -0.05) is 79.7 Å². The number of aromatic nitrogens is 1. The molecule has 0 atom stereocenters. The van der Waals surface area contributed by atoms with Crippen LogP contribution >= 0.6 is 23.4 Å². The summed E-state index contributed by atoms with van der Waals surface area (Å²) in [6.45, 7) is 0. The van der Waals surface area contributed by atoms with E-state index in [2.05, 4.69) is 5.32 Å². The van der Waals surface area contributed by atoms with Gasteiger partial charge in [-0.2, -0.15) is 0 Å². The van der Waals surface area contributed by atoms with Gasteiger partial charge in [0, 0.05) is 21.3 Å². The smallest absolute Gasteiger partial charge is 0.252 e. The highest BCUT2D eigenvalue weighted by atomic mass is 35.5. The van der Waals surface area contributed by atoms with Crippen molar-refractivity contribution >= 4 is 40.2 Å². The summed E-state index contributed by atoms with van der Waals surface area (Å²) in [5.74, 6) is 0.00196. The van der Waals surface area contributed by atoms with Gasteiger partial charge in [0.15, 0.2) is 0 Å². The number of para-hydroxylation sites is 1. The van der Waals surface area contributed by atoms with E-state index < -0.39 is 0 Å². The summed E-state index contributed by atoms with van der Waals surface area (Å²) < 4.78 is 0. The zero-order valence-corrected chi connectivity index (χ0v) is 17.9.